The predicted octanol–water partition coefficient (Wildman–Crippen LogP) is 17.6. The molecular weight excluding hydrogens is 1650 g/mol. The number of rotatable bonds is 19. The summed E-state index contributed by atoms with van der Waals surface area (Å²) in [4.78, 5) is 77.4. The molecule has 1 atom stereocenters. The van der Waals surface area contributed by atoms with Crippen molar-refractivity contribution in [1.29, 1.82) is 0 Å². The van der Waals surface area contributed by atoms with Crippen LogP contribution in [0.1, 0.15) is 111 Å². The third-order valence-electron chi connectivity index (χ3n) is 18.5. The first-order chi connectivity index (χ1) is 55.2. The Kier molecular flexibility index (Phi) is 27.9. The van der Waals surface area contributed by atoms with Crippen molar-refractivity contribution in [3.05, 3.63) is 313 Å². The van der Waals surface area contributed by atoms with Gasteiger partial charge < -0.3 is 33.7 Å². The number of aliphatic hydroxyl groups is 2. The number of ether oxygens (including phenoxy) is 3. The number of allylic oxidation sites excluding steroid dienone is 2. The molecule has 1 fully saturated rings. The van der Waals surface area contributed by atoms with E-state index in [0.717, 1.165) is 46.5 Å². The zero-order valence-corrected chi connectivity index (χ0v) is 69.3. The van der Waals surface area contributed by atoms with E-state index >= 15 is 0 Å². The number of halogens is 10. The molecule has 1 aliphatic heterocycles. The third-order valence-corrected chi connectivity index (χ3v) is 20.0. The van der Waals surface area contributed by atoms with Crippen LogP contribution in [0.15, 0.2) is 184 Å². The van der Waals surface area contributed by atoms with Gasteiger partial charge in [0.15, 0.2) is 17.5 Å². The molecule has 117 heavy (non-hydrogen) atoms. The SMILES string of the molecule is C=C(C)B1OC(C)(C)C(C)(C)O1.C=C(C)c1cccc(-c2cc(-n3c(C)cc(OCc4ncc(F)cc4F)c(Cl)c3=O)c(C)cn2)n1.Cc1cnc(-c2cccc(Br)n2)cc1-n1c(C)cc(OCc2ncc(F)cc2F)c(Cl)c1=O.Cc1cnc(-c2cccc(C(C)(O)CO)n2)cc1-n1c(C)cc(OCc2ncc(F)cc2F)c(Cl)c1=O. The molecule has 0 aliphatic carbocycles. The van der Waals surface area contributed by atoms with E-state index in [-0.39, 0.29) is 93.2 Å². The zero-order valence-electron chi connectivity index (χ0n) is 65.5. The van der Waals surface area contributed by atoms with Gasteiger partial charge in [0.25, 0.3) is 16.7 Å². The molecule has 0 radical (unpaired) electrons. The molecule has 0 amide bonds. The van der Waals surface area contributed by atoms with E-state index < -0.39 is 63.8 Å². The summed E-state index contributed by atoms with van der Waals surface area (Å²) < 4.78 is 114. The Labute approximate surface area is 692 Å². The maximum absolute atomic E-state index is 13.9. The van der Waals surface area contributed by atoms with Gasteiger partial charge in [0, 0.05) is 72.1 Å². The van der Waals surface area contributed by atoms with Crippen LogP contribution >= 0.6 is 50.7 Å². The molecule has 606 valence electrons. The molecule has 2 N–H and O–H groups in total. The molecule has 12 aromatic heterocycles. The monoisotopic (exact) mass is 1720 g/mol. The normalized spacial score (nSPS) is 13.1. The van der Waals surface area contributed by atoms with Gasteiger partial charge in [-0.3, -0.25) is 58.0 Å². The van der Waals surface area contributed by atoms with Crippen LogP contribution in [0.25, 0.3) is 56.8 Å². The molecular formula is C84H77BBrCl3F6N12O10. The molecule has 0 saturated carbocycles. The van der Waals surface area contributed by atoms with Gasteiger partial charge in [0.1, 0.15) is 96.9 Å². The maximum Gasteiger partial charge on any atom is 0.489 e. The molecule has 33 heteroatoms. The van der Waals surface area contributed by atoms with Gasteiger partial charge in [-0.15, -0.1) is 6.58 Å². The van der Waals surface area contributed by atoms with E-state index in [1.54, 1.807) is 101 Å². The second-order valence-electron chi connectivity index (χ2n) is 28.3. The van der Waals surface area contributed by atoms with Gasteiger partial charge >= 0.3 is 7.12 Å². The van der Waals surface area contributed by atoms with Crippen molar-refractivity contribution in [2.24, 2.45) is 0 Å². The Morgan fingerprint density at radius 2 is 0.829 bits per heavy atom. The van der Waals surface area contributed by atoms with Crippen molar-refractivity contribution >= 4 is 63.4 Å². The number of pyridine rings is 12. The lowest BCUT2D eigenvalue weighted by molar-refractivity contribution is -0.00576. The summed E-state index contributed by atoms with van der Waals surface area (Å²) in [5.41, 5.74) is 7.46. The summed E-state index contributed by atoms with van der Waals surface area (Å²) in [6.07, 6.45) is 7.53. The molecule has 0 bridgehead atoms. The van der Waals surface area contributed by atoms with E-state index in [4.69, 9.17) is 58.3 Å². The van der Waals surface area contributed by atoms with E-state index in [1.807, 2.05) is 85.7 Å². The van der Waals surface area contributed by atoms with Crippen molar-refractivity contribution in [1.82, 2.24) is 58.6 Å². The molecule has 22 nitrogen and oxygen atoms in total. The van der Waals surface area contributed by atoms with Crippen LogP contribution in [0.4, 0.5) is 26.3 Å². The fourth-order valence-electron chi connectivity index (χ4n) is 11.4. The Morgan fingerprint density at radius 3 is 1.15 bits per heavy atom. The fourth-order valence-corrected chi connectivity index (χ4v) is 12.3. The number of hydrogen-bond donors (Lipinski definition) is 2. The standard InChI is InChI=1S/C26H23ClF2N4O4.C26H21ClF2N4O2.C23H16BrClF2N4O2.C9H17BO2/c1-14-10-30-19(18-5-4-6-23(32-18)26(3,36)13-34)9-21(14)33-15(2)7-22(24(27)25(33)35)37-12-20-17(29)8-16(28)11-31-20;1-14(2)19-6-5-7-20(32-19)21-10-23(15(3)11-30-21)33-16(4)8-24(25(27)26(33)34)35-13-22-18(29)9-17(28)12-31-22;1-12-9-28-17(16-4-3-5-21(24)30-16)8-19(12)31-13(2)6-20(22(25)23(31)32)33-11-18-15(27)7-14(26)10-29-18;1-7(2)10-11-8(3,4)9(5,6)12-10/h4-11,34,36H,12-13H2,1-3H3;5-12H,1,13H2,2-4H3;3-10H,11H2,1-2H3;1H2,2-6H3. The minimum absolute atomic E-state index is 0.0264. The lowest BCUT2D eigenvalue weighted by Crippen LogP contribution is -2.41. The summed E-state index contributed by atoms with van der Waals surface area (Å²) in [5, 5.41) is 19.2. The summed E-state index contributed by atoms with van der Waals surface area (Å²) in [7, 11) is -0.241. The number of hydrogen-bond acceptors (Lipinski definition) is 19. The average molecular weight is 1730 g/mol. The Morgan fingerprint density at radius 1 is 0.496 bits per heavy atom. The molecule has 0 aromatic carbocycles. The predicted molar refractivity (Wildman–Crippen MR) is 438 cm³/mol. The van der Waals surface area contributed by atoms with E-state index in [9.17, 15) is 50.9 Å². The Hall–Kier alpha value is -11.1. The van der Waals surface area contributed by atoms with Crippen LogP contribution in [0.5, 0.6) is 17.2 Å². The molecule has 13 heterocycles. The van der Waals surface area contributed by atoms with Crippen LogP contribution in [0.3, 0.4) is 0 Å². The lowest BCUT2D eigenvalue weighted by atomic mass is 9.81. The van der Waals surface area contributed by atoms with Gasteiger partial charge in [0.2, 0.25) is 0 Å². The minimum Gasteiger partial charge on any atom is -0.485 e. The Balaban J connectivity index is 0.000000173. The quantitative estimate of drug-likeness (QED) is 0.0432. The summed E-state index contributed by atoms with van der Waals surface area (Å²) in [6.45, 7) is 30.2. The third kappa shape index (κ3) is 20.7. The smallest absolute Gasteiger partial charge is 0.485 e. The number of aromatic nitrogens is 12. The van der Waals surface area contributed by atoms with Crippen LogP contribution in [-0.4, -0.2) is 93.7 Å². The highest BCUT2D eigenvalue weighted by atomic mass is 79.9. The molecule has 12 aromatic rings. The largest absolute Gasteiger partial charge is 0.489 e. The van der Waals surface area contributed by atoms with Crippen molar-refractivity contribution in [3.8, 4) is 68.5 Å². The van der Waals surface area contributed by atoms with Gasteiger partial charge in [-0.05, 0) is 183 Å². The number of aryl methyl sites for hydroxylation is 6. The molecule has 13 rings (SSSR count). The van der Waals surface area contributed by atoms with Crippen molar-refractivity contribution < 1.29 is 60.1 Å². The zero-order chi connectivity index (χ0) is 85.4. The number of aliphatic hydroxyl groups excluding tert-OH is 1. The van der Waals surface area contributed by atoms with Crippen LogP contribution in [0.2, 0.25) is 15.1 Å². The van der Waals surface area contributed by atoms with Crippen molar-refractivity contribution in [2.75, 3.05) is 6.61 Å². The van der Waals surface area contributed by atoms with Gasteiger partial charge in [-0.25, -0.2) is 41.3 Å². The van der Waals surface area contributed by atoms with E-state index in [1.165, 1.54) is 26.7 Å². The molecule has 1 saturated heterocycles. The summed E-state index contributed by atoms with van der Waals surface area (Å²) in [6, 6.07) is 28.0. The van der Waals surface area contributed by atoms with Gasteiger partial charge in [0.05, 0.1) is 99.0 Å². The molecule has 1 aliphatic rings. The first-order valence-corrected chi connectivity index (χ1v) is 37.6. The summed E-state index contributed by atoms with van der Waals surface area (Å²) >= 11 is 22.3. The maximum atomic E-state index is 13.9. The van der Waals surface area contributed by atoms with E-state index in [2.05, 4.69) is 73.9 Å². The molecule has 0 spiro atoms. The number of nitrogens with zero attached hydrogens (tertiary/aromatic N) is 12. The average Bonchev–Trinajstić information content (AvgIpc) is 1.68. The van der Waals surface area contributed by atoms with E-state index in [0.29, 0.717) is 96.7 Å². The van der Waals surface area contributed by atoms with Crippen molar-refractivity contribution in [3.63, 3.8) is 0 Å². The highest BCUT2D eigenvalue weighted by molar-refractivity contribution is 9.10. The second kappa shape index (κ2) is 37.0. The van der Waals surface area contributed by atoms with Crippen LogP contribution in [-0.2, 0) is 34.7 Å². The summed E-state index contributed by atoms with van der Waals surface area (Å²) in [5.74, 6) is -4.81. The highest BCUT2D eigenvalue weighted by Gasteiger charge is 2.51. The van der Waals surface area contributed by atoms with Gasteiger partial charge in [-0.1, -0.05) is 65.1 Å². The Bertz CT molecular complexity index is 6010. The second-order valence-corrected chi connectivity index (χ2v) is 30.2. The highest BCUT2D eigenvalue weighted by Crippen LogP contribution is 2.39. The topological polar surface area (TPSA) is 269 Å². The fraction of sp³-hybridized carbons (Fsp3) is 0.238. The van der Waals surface area contributed by atoms with Crippen LogP contribution in [0, 0.1) is 76.4 Å². The minimum atomic E-state index is -1.53. The lowest BCUT2D eigenvalue weighted by Gasteiger charge is -2.32. The first kappa shape index (κ1) is 88.3. The van der Waals surface area contributed by atoms with Crippen LogP contribution < -0.4 is 30.9 Å². The first-order valence-electron chi connectivity index (χ1n) is 35.7. The molecule has 1 unspecified atom stereocenters. The van der Waals surface area contributed by atoms with Gasteiger partial charge in [-0.2, -0.15) is 0 Å². The van der Waals surface area contributed by atoms with Crippen molar-refractivity contribution in [2.45, 2.75) is 127 Å².